The lowest BCUT2D eigenvalue weighted by Crippen LogP contribution is -2.04. The molecule has 0 fully saturated rings. The zero-order chi connectivity index (χ0) is 7.28. The van der Waals surface area contributed by atoms with Gasteiger partial charge in [-0.1, -0.05) is 6.08 Å². The van der Waals surface area contributed by atoms with E-state index in [1.807, 2.05) is 0 Å². The highest BCUT2D eigenvalue weighted by Gasteiger charge is 2.05. The van der Waals surface area contributed by atoms with E-state index in [1.54, 1.807) is 13.0 Å². The molecule has 0 aliphatic heterocycles. The predicted molar refractivity (Wildman–Crippen MR) is 31.0 cm³/mol. The maximum absolute atomic E-state index is 8.67. The molecule has 0 radical (unpaired) electrons. The quantitative estimate of drug-likeness (QED) is 0.402. The molecule has 46 valence electrons. The van der Waals surface area contributed by atoms with Crippen molar-refractivity contribution in [3.05, 3.63) is 11.6 Å². The second kappa shape index (κ2) is 3.65. The molecule has 0 aromatic carbocycles. The van der Waals surface area contributed by atoms with Crippen LogP contribution in [0.4, 0.5) is 0 Å². The van der Waals surface area contributed by atoms with E-state index in [0.29, 0.717) is 0 Å². The molecule has 1 unspecified atom stereocenters. The second-order valence-corrected chi connectivity index (χ2v) is 1.39. The van der Waals surface area contributed by atoms with Crippen LogP contribution in [-0.4, -0.2) is 11.2 Å². The van der Waals surface area contributed by atoms with E-state index in [9.17, 15) is 0 Å². The molecule has 0 spiro atoms. The maximum Gasteiger partial charge on any atom is 0.175 e. The number of hydrogen-bond acceptors (Lipinski definition) is 3. The standard InChI is InChI=1S/C6H6N2O/c1-2-5(3-7)6(9)4-8/h2,6,9H,1H3. The Morgan fingerprint density at radius 3 is 2.33 bits per heavy atom. The Morgan fingerprint density at radius 2 is 2.22 bits per heavy atom. The summed E-state index contributed by atoms with van der Waals surface area (Å²) in [6.45, 7) is 1.60. The molecule has 3 nitrogen and oxygen atoms in total. The van der Waals surface area contributed by atoms with E-state index in [2.05, 4.69) is 0 Å². The molecule has 0 aromatic heterocycles. The Labute approximate surface area is 53.5 Å². The molecule has 0 heterocycles. The number of aliphatic hydroxyl groups is 1. The van der Waals surface area contributed by atoms with Crippen molar-refractivity contribution in [3.8, 4) is 12.1 Å². The molecule has 0 aliphatic rings. The van der Waals surface area contributed by atoms with Gasteiger partial charge in [0.2, 0.25) is 0 Å². The largest absolute Gasteiger partial charge is 0.373 e. The van der Waals surface area contributed by atoms with Crippen molar-refractivity contribution >= 4 is 0 Å². The number of nitrogens with zero attached hydrogens (tertiary/aromatic N) is 2. The molecule has 3 heteroatoms. The summed E-state index contributed by atoms with van der Waals surface area (Å²) in [6, 6.07) is 3.22. The Kier molecular flexibility index (Phi) is 3.12. The molecule has 0 saturated heterocycles. The third kappa shape index (κ3) is 1.94. The zero-order valence-corrected chi connectivity index (χ0v) is 5.00. The third-order valence-electron chi connectivity index (χ3n) is 0.857. The lowest BCUT2D eigenvalue weighted by atomic mass is 10.2. The Morgan fingerprint density at radius 1 is 1.67 bits per heavy atom. The van der Waals surface area contributed by atoms with Gasteiger partial charge in [0.15, 0.2) is 6.10 Å². The van der Waals surface area contributed by atoms with E-state index in [1.165, 1.54) is 12.1 Å². The van der Waals surface area contributed by atoms with Crippen LogP contribution < -0.4 is 0 Å². The maximum atomic E-state index is 8.67. The minimum atomic E-state index is -1.26. The molecule has 9 heavy (non-hydrogen) atoms. The molecular weight excluding hydrogens is 116 g/mol. The molecule has 1 atom stereocenters. The topological polar surface area (TPSA) is 67.8 Å². The summed E-state index contributed by atoms with van der Waals surface area (Å²) in [5.74, 6) is 0. The van der Waals surface area contributed by atoms with Crippen LogP contribution in [0.25, 0.3) is 0 Å². The van der Waals surface area contributed by atoms with E-state index < -0.39 is 6.10 Å². The highest BCUT2D eigenvalue weighted by atomic mass is 16.3. The molecule has 0 saturated carbocycles. The molecular formula is C6H6N2O. The van der Waals surface area contributed by atoms with Crippen LogP contribution >= 0.6 is 0 Å². The lowest BCUT2D eigenvalue weighted by Gasteiger charge is -1.93. The predicted octanol–water partition coefficient (Wildman–Crippen LogP) is 0.341. The van der Waals surface area contributed by atoms with Gasteiger partial charge in [-0.2, -0.15) is 10.5 Å². The number of hydrogen-bond donors (Lipinski definition) is 1. The van der Waals surface area contributed by atoms with Crippen LogP contribution in [0, 0.1) is 22.7 Å². The van der Waals surface area contributed by atoms with Crippen molar-refractivity contribution in [3.63, 3.8) is 0 Å². The third-order valence-corrected chi connectivity index (χ3v) is 0.857. The van der Waals surface area contributed by atoms with Crippen LogP contribution in [0.3, 0.4) is 0 Å². The van der Waals surface area contributed by atoms with Gasteiger partial charge in [-0.05, 0) is 6.92 Å². The minimum Gasteiger partial charge on any atom is -0.373 e. The molecule has 0 rings (SSSR count). The summed E-state index contributed by atoms with van der Waals surface area (Å²) < 4.78 is 0. The van der Waals surface area contributed by atoms with E-state index in [0.717, 1.165) is 0 Å². The van der Waals surface area contributed by atoms with Gasteiger partial charge >= 0.3 is 0 Å². The minimum absolute atomic E-state index is 0.0949. The average molecular weight is 122 g/mol. The average Bonchev–Trinajstić information content (AvgIpc) is 1.90. The van der Waals surface area contributed by atoms with Crippen molar-refractivity contribution in [1.82, 2.24) is 0 Å². The van der Waals surface area contributed by atoms with E-state index >= 15 is 0 Å². The number of nitriles is 2. The van der Waals surface area contributed by atoms with Crippen LogP contribution in [-0.2, 0) is 0 Å². The molecule has 0 aromatic rings. The van der Waals surface area contributed by atoms with Gasteiger partial charge in [-0.3, -0.25) is 0 Å². The van der Waals surface area contributed by atoms with Gasteiger partial charge in [0.1, 0.15) is 0 Å². The molecule has 1 N–H and O–H groups in total. The number of rotatable bonds is 1. The van der Waals surface area contributed by atoms with Crippen molar-refractivity contribution in [2.45, 2.75) is 13.0 Å². The van der Waals surface area contributed by atoms with Gasteiger partial charge in [0.25, 0.3) is 0 Å². The van der Waals surface area contributed by atoms with Crippen molar-refractivity contribution in [2.24, 2.45) is 0 Å². The fourth-order valence-corrected chi connectivity index (χ4v) is 0.353. The van der Waals surface area contributed by atoms with Gasteiger partial charge in [-0.25, -0.2) is 0 Å². The normalized spacial score (nSPS) is 13.6. The summed E-state index contributed by atoms with van der Waals surface area (Å²) in [6.07, 6.45) is 0.147. The first kappa shape index (κ1) is 7.68. The van der Waals surface area contributed by atoms with Crippen LogP contribution in [0.15, 0.2) is 11.6 Å². The first-order chi connectivity index (χ1) is 4.26. The first-order valence-electron chi connectivity index (χ1n) is 2.40. The monoisotopic (exact) mass is 122 g/mol. The molecule has 0 bridgehead atoms. The summed E-state index contributed by atoms with van der Waals surface area (Å²) in [5, 5.41) is 24.9. The SMILES string of the molecule is CC=C(C#N)C(O)C#N. The fourth-order valence-electron chi connectivity index (χ4n) is 0.353. The first-order valence-corrected chi connectivity index (χ1v) is 2.40. The zero-order valence-electron chi connectivity index (χ0n) is 5.00. The number of aliphatic hydroxyl groups excluding tert-OH is 1. The van der Waals surface area contributed by atoms with Crippen molar-refractivity contribution in [2.75, 3.05) is 0 Å². The lowest BCUT2D eigenvalue weighted by molar-refractivity contribution is 0.270. The van der Waals surface area contributed by atoms with Crippen molar-refractivity contribution < 1.29 is 5.11 Å². The van der Waals surface area contributed by atoms with Crippen LogP contribution in [0.1, 0.15) is 6.92 Å². The molecule has 0 aliphatic carbocycles. The highest BCUT2D eigenvalue weighted by molar-refractivity contribution is 5.28. The van der Waals surface area contributed by atoms with E-state index in [4.69, 9.17) is 15.6 Å². The second-order valence-electron chi connectivity index (χ2n) is 1.39. The summed E-state index contributed by atoms with van der Waals surface area (Å²) in [5.41, 5.74) is 0.0949. The van der Waals surface area contributed by atoms with Gasteiger partial charge in [0.05, 0.1) is 17.7 Å². The van der Waals surface area contributed by atoms with Gasteiger partial charge < -0.3 is 5.11 Å². The van der Waals surface area contributed by atoms with Crippen LogP contribution in [0.5, 0.6) is 0 Å². The summed E-state index contributed by atoms with van der Waals surface area (Å²) >= 11 is 0. The Bertz CT molecular complexity index is 194. The number of allylic oxidation sites excluding steroid dienone is 1. The highest BCUT2D eigenvalue weighted by Crippen LogP contribution is 1.97. The van der Waals surface area contributed by atoms with E-state index in [-0.39, 0.29) is 5.57 Å². The summed E-state index contributed by atoms with van der Waals surface area (Å²) in [7, 11) is 0. The Hall–Kier alpha value is -1.32. The van der Waals surface area contributed by atoms with Gasteiger partial charge in [-0.15, -0.1) is 0 Å². The van der Waals surface area contributed by atoms with Crippen molar-refractivity contribution in [1.29, 1.82) is 10.5 Å². The van der Waals surface area contributed by atoms with Crippen LogP contribution in [0.2, 0.25) is 0 Å². The summed E-state index contributed by atoms with van der Waals surface area (Å²) in [4.78, 5) is 0. The molecule has 0 amide bonds. The Balaban J connectivity index is 4.23. The van der Waals surface area contributed by atoms with Gasteiger partial charge in [0, 0.05) is 0 Å². The smallest absolute Gasteiger partial charge is 0.175 e. The fraction of sp³-hybridized carbons (Fsp3) is 0.333.